The van der Waals surface area contributed by atoms with Gasteiger partial charge in [0, 0.05) is 11.8 Å². The van der Waals surface area contributed by atoms with Gasteiger partial charge in [0.1, 0.15) is 0 Å². The van der Waals surface area contributed by atoms with E-state index in [-0.39, 0.29) is 0 Å². The van der Waals surface area contributed by atoms with E-state index in [1.54, 1.807) is 18.3 Å². The molecule has 19 heavy (non-hydrogen) atoms. The number of rotatable bonds is 1. The number of nitrogens with zero attached hydrogens (tertiary/aromatic N) is 2. The average Bonchev–Trinajstić information content (AvgIpc) is 3.14. The van der Waals surface area contributed by atoms with Crippen molar-refractivity contribution < 1.29 is 4.42 Å². The molecular formula is C15H20N2OS. The maximum Gasteiger partial charge on any atom is 0.257 e. The topological polar surface area (TPSA) is 38.9 Å². The summed E-state index contributed by atoms with van der Waals surface area (Å²) in [4.78, 5) is 2.29. The molecule has 0 radical (unpaired) electrons. The van der Waals surface area contributed by atoms with Gasteiger partial charge in [0.15, 0.2) is 0 Å². The Morgan fingerprint density at radius 3 is 2.11 bits per heavy atom. The Morgan fingerprint density at radius 1 is 1.05 bits per heavy atom. The molecule has 102 valence electrons. The maximum atomic E-state index is 5.27. The Bertz CT molecular complexity index is 490. The first kappa shape index (κ1) is 15.4. The first-order valence-corrected chi connectivity index (χ1v) is 7.26. The van der Waals surface area contributed by atoms with Crippen LogP contribution >= 0.6 is 11.3 Å². The molecule has 0 aromatic carbocycles. The lowest BCUT2D eigenvalue weighted by molar-refractivity contribution is 0.534. The van der Waals surface area contributed by atoms with Gasteiger partial charge in [0.25, 0.3) is 5.89 Å². The second-order valence-corrected chi connectivity index (χ2v) is 4.92. The van der Waals surface area contributed by atoms with Gasteiger partial charge in [0.05, 0.1) is 4.88 Å². The van der Waals surface area contributed by atoms with Gasteiger partial charge in [-0.1, -0.05) is 38.2 Å². The number of hydrogen-bond donors (Lipinski definition) is 0. The second kappa shape index (κ2) is 8.43. The number of thiophene rings is 1. The Morgan fingerprint density at radius 2 is 1.74 bits per heavy atom. The Hall–Kier alpha value is -1.68. The van der Waals surface area contributed by atoms with E-state index >= 15 is 0 Å². The predicted octanol–water partition coefficient (Wildman–Crippen LogP) is 4.94. The van der Waals surface area contributed by atoms with Gasteiger partial charge in [-0.2, -0.15) is 0 Å². The fourth-order valence-corrected chi connectivity index (χ4v) is 2.13. The van der Waals surface area contributed by atoms with Crippen LogP contribution in [0.5, 0.6) is 0 Å². The molecule has 2 heterocycles. The molecule has 0 atom stereocenters. The zero-order valence-corrected chi connectivity index (χ0v) is 12.7. The number of allylic oxidation sites excluding steroid dienone is 4. The lowest BCUT2D eigenvalue weighted by atomic mass is 10.4. The molecule has 2 aromatic rings. The first-order valence-electron chi connectivity index (χ1n) is 6.44. The lowest BCUT2D eigenvalue weighted by Crippen LogP contribution is -1.70. The normalized spacial score (nSPS) is 11.6. The zero-order valence-electron chi connectivity index (χ0n) is 11.9. The monoisotopic (exact) mass is 276 g/mol. The van der Waals surface area contributed by atoms with E-state index in [9.17, 15) is 0 Å². The molecule has 2 aromatic heterocycles. The SMILES string of the molecule is C1=CCC=C1.CC.Cc1nnc(-c2ccc(C)s2)o1. The van der Waals surface area contributed by atoms with Crippen LogP contribution in [-0.4, -0.2) is 10.2 Å². The molecule has 0 bridgehead atoms. The molecular weight excluding hydrogens is 256 g/mol. The third-order valence-electron chi connectivity index (χ3n) is 2.13. The molecule has 0 aliphatic heterocycles. The molecule has 0 saturated carbocycles. The van der Waals surface area contributed by atoms with Gasteiger partial charge in [-0.25, -0.2) is 0 Å². The van der Waals surface area contributed by atoms with Gasteiger partial charge < -0.3 is 4.42 Å². The molecule has 1 aliphatic carbocycles. The van der Waals surface area contributed by atoms with E-state index in [1.165, 1.54) is 4.88 Å². The van der Waals surface area contributed by atoms with Crippen LogP contribution < -0.4 is 0 Å². The summed E-state index contributed by atoms with van der Waals surface area (Å²) >= 11 is 1.66. The molecule has 3 nitrogen and oxygen atoms in total. The van der Waals surface area contributed by atoms with Crippen LogP contribution in [0.4, 0.5) is 0 Å². The molecule has 4 heteroatoms. The van der Waals surface area contributed by atoms with Crippen molar-refractivity contribution in [2.45, 2.75) is 34.1 Å². The minimum absolute atomic E-state index is 0.607. The summed E-state index contributed by atoms with van der Waals surface area (Å²) in [5.41, 5.74) is 0. The molecule has 0 amide bonds. The summed E-state index contributed by atoms with van der Waals surface area (Å²) in [7, 11) is 0. The summed E-state index contributed by atoms with van der Waals surface area (Å²) in [6.07, 6.45) is 9.50. The highest BCUT2D eigenvalue weighted by atomic mass is 32.1. The molecule has 1 aliphatic rings. The summed E-state index contributed by atoms with van der Waals surface area (Å²) in [5, 5.41) is 7.69. The standard InChI is InChI=1S/C8H8N2OS.C5H6.C2H6/c1-5-3-4-7(12-5)8-10-9-6(2)11-8;1-2-4-5-3-1;1-2/h3-4H,1-2H3;1-4H,5H2;1-2H3. The Labute approximate surface area is 118 Å². The molecule has 0 spiro atoms. The van der Waals surface area contributed by atoms with Crippen LogP contribution in [0.3, 0.4) is 0 Å². The van der Waals surface area contributed by atoms with E-state index in [0.29, 0.717) is 11.8 Å². The molecule has 0 fully saturated rings. The molecule has 0 N–H and O–H groups in total. The molecule has 0 saturated heterocycles. The second-order valence-electron chi connectivity index (χ2n) is 3.63. The van der Waals surface area contributed by atoms with Gasteiger partial charge >= 0.3 is 0 Å². The van der Waals surface area contributed by atoms with Gasteiger partial charge in [-0.05, 0) is 25.5 Å². The third-order valence-corrected chi connectivity index (χ3v) is 3.12. The smallest absolute Gasteiger partial charge is 0.257 e. The number of aromatic nitrogens is 2. The fraction of sp³-hybridized carbons (Fsp3) is 0.333. The van der Waals surface area contributed by atoms with Crippen LogP contribution in [0.1, 0.15) is 31.0 Å². The molecule has 0 unspecified atom stereocenters. The summed E-state index contributed by atoms with van der Waals surface area (Å²) < 4.78 is 5.27. The number of hydrogen-bond acceptors (Lipinski definition) is 4. The quantitative estimate of drug-likeness (QED) is 0.740. The summed E-state index contributed by atoms with van der Waals surface area (Å²) in [6.45, 7) is 7.84. The van der Waals surface area contributed by atoms with E-state index in [2.05, 4.69) is 41.4 Å². The van der Waals surface area contributed by atoms with E-state index in [4.69, 9.17) is 4.42 Å². The van der Waals surface area contributed by atoms with Crippen LogP contribution in [0.2, 0.25) is 0 Å². The van der Waals surface area contributed by atoms with Crippen molar-refractivity contribution in [3.63, 3.8) is 0 Å². The third kappa shape index (κ3) is 5.22. The van der Waals surface area contributed by atoms with Crippen molar-refractivity contribution in [1.29, 1.82) is 0 Å². The van der Waals surface area contributed by atoms with E-state index in [1.807, 2.05) is 26.0 Å². The van der Waals surface area contributed by atoms with Gasteiger partial charge in [0.2, 0.25) is 5.89 Å². The van der Waals surface area contributed by atoms with E-state index < -0.39 is 0 Å². The predicted molar refractivity (Wildman–Crippen MR) is 81.3 cm³/mol. The number of aryl methyl sites for hydroxylation is 2. The average molecular weight is 276 g/mol. The summed E-state index contributed by atoms with van der Waals surface area (Å²) in [5.74, 6) is 1.22. The van der Waals surface area contributed by atoms with Crippen LogP contribution in [0, 0.1) is 13.8 Å². The highest BCUT2D eigenvalue weighted by molar-refractivity contribution is 7.15. The first-order chi connectivity index (χ1) is 9.25. The van der Waals surface area contributed by atoms with Gasteiger partial charge in [-0.3, -0.25) is 0 Å². The van der Waals surface area contributed by atoms with Crippen molar-refractivity contribution in [2.24, 2.45) is 0 Å². The molecule has 3 rings (SSSR count). The Kier molecular flexibility index (Phi) is 6.82. The summed E-state index contributed by atoms with van der Waals surface area (Å²) in [6, 6.07) is 4.03. The van der Waals surface area contributed by atoms with Crippen molar-refractivity contribution in [2.75, 3.05) is 0 Å². The van der Waals surface area contributed by atoms with Crippen molar-refractivity contribution >= 4 is 11.3 Å². The zero-order chi connectivity index (χ0) is 14.1. The van der Waals surface area contributed by atoms with Crippen LogP contribution in [0.15, 0.2) is 40.9 Å². The van der Waals surface area contributed by atoms with E-state index in [0.717, 1.165) is 11.3 Å². The largest absolute Gasteiger partial charge is 0.420 e. The van der Waals surface area contributed by atoms with Gasteiger partial charge in [-0.15, -0.1) is 21.5 Å². The van der Waals surface area contributed by atoms with Crippen LogP contribution in [0.25, 0.3) is 10.8 Å². The van der Waals surface area contributed by atoms with Crippen molar-refractivity contribution in [1.82, 2.24) is 10.2 Å². The fourth-order valence-electron chi connectivity index (χ4n) is 1.34. The highest BCUT2D eigenvalue weighted by Gasteiger charge is 2.06. The highest BCUT2D eigenvalue weighted by Crippen LogP contribution is 2.25. The Balaban J connectivity index is 0.000000216. The van der Waals surface area contributed by atoms with Crippen LogP contribution in [-0.2, 0) is 0 Å². The minimum Gasteiger partial charge on any atom is -0.420 e. The minimum atomic E-state index is 0.607. The lowest BCUT2D eigenvalue weighted by Gasteiger charge is -1.83. The van der Waals surface area contributed by atoms with Crippen molar-refractivity contribution in [3.8, 4) is 10.8 Å². The van der Waals surface area contributed by atoms with Crippen molar-refractivity contribution in [3.05, 3.63) is 47.2 Å². The maximum absolute atomic E-state index is 5.27.